The minimum atomic E-state index is -0.164. The van der Waals surface area contributed by atoms with Gasteiger partial charge in [0.2, 0.25) is 0 Å². The lowest BCUT2D eigenvalue weighted by Crippen LogP contribution is -2.45. The summed E-state index contributed by atoms with van der Waals surface area (Å²) in [6.07, 6.45) is 2.18. The second-order valence-corrected chi connectivity index (χ2v) is 6.60. The molecule has 0 saturated carbocycles. The number of aliphatic hydroxyl groups is 1. The maximum Gasteiger partial charge on any atom is 0.0609 e. The van der Waals surface area contributed by atoms with E-state index >= 15 is 0 Å². The van der Waals surface area contributed by atoms with Gasteiger partial charge in [0.1, 0.15) is 0 Å². The van der Waals surface area contributed by atoms with Crippen LogP contribution in [0.3, 0.4) is 0 Å². The van der Waals surface area contributed by atoms with Gasteiger partial charge in [-0.2, -0.15) is 0 Å². The Balaban J connectivity index is 2.68. The molecule has 0 heterocycles. The van der Waals surface area contributed by atoms with E-state index in [9.17, 15) is 5.11 Å². The summed E-state index contributed by atoms with van der Waals surface area (Å²) in [6.45, 7) is 10.6. The first kappa shape index (κ1) is 18.1. The number of likely N-dealkylation sites (N-methyl/N-ethyl adjacent to an activating group) is 1. The Bertz CT molecular complexity index is 400. The summed E-state index contributed by atoms with van der Waals surface area (Å²) in [6, 6.07) is 9.18. The van der Waals surface area contributed by atoms with Crippen molar-refractivity contribution >= 4 is 0 Å². The van der Waals surface area contributed by atoms with Gasteiger partial charge in [0.05, 0.1) is 6.61 Å². The Morgan fingerprint density at radius 1 is 1.24 bits per heavy atom. The van der Waals surface area contributed by atoms with Crippen LogP contribution in [0.5, 0.6) is 0 Å². The highest BCUT2D eigenvalue weighted by Gasteiger charge is 2.23. The second kappa shape index (κ2) is 8.52. The van der Waals surface area contributed by atoms with E-state index in [1.807, 2.05) is 0 Å². The van der Waals surface area contributed by atoms with Gasteiger partial charge in [-0.15, -0.1) is 0 Å². The van der Waals surface area contributed by atoms with Crippen molar-refractivity contribution in [2.45, 2.75) is 52.1 Å². The maximum atomic E-state index is 9.46. The SMILES string of the molecule is CCCNC(CCN(C)C(C)(C)CO)c1ccc(C)cc1. The molecule has 1 atom stereocenters. The number of hydrogen-bond donors (Lipinski definition) is 2. The number of rotatable bonds is 9. The van der Waals surface area contributed by atoms with E-state index in [4.69, 9.17) is 0 Å². The lowest BCUT2D eigenvalue weighted by Gasteiger charge is -2.35. The van der Waals surface area contributed by atoms with Crippen LogP contribution in [0.4, 0.5) is 0 Å². The molecule has 0 aromatic heterocycles. The lowest BCUT2D eigenvalue weighted by molar-refractivity contribution is 0.0758. The van der Waals surface area contributed by atoms with Gasteiger partial charge in [-0.05, 0) is 52.8 Å². The third kappa shape index (κ3) is 5.77. The van der Waals surface area contributed by atoms with Crippen molar-refractivity contribution < 1.29 is 5.11 Å². The Hall–Kier alpha value is -0.900. The summed E-state index contributed by atoms with van der Waals surface area (Å²) < 4.78 is 0. The average molecular weight is 292 g/mol. The molecule has 21 heavy (non-hydrogen) atoms. The third-order valence-electron chi connectivity index (χ3n) is 4.29. The minimum absolute atomic E-state index is 0.164. The Labute approximate surface area is 130 Å². The van der Waals surface area contributed by atoms with Gasteiger partial charge < -0.3 is 10.4 Å². The Morgan fingerprint density at radius 2 is 1.86 bits per heavy atom. The van der Waals surface area contributed by atoms with E-state index in [2.05, 4.69) is 69.2 Å². The quantitative estimate of drug-likeness (QED) is 0.734. The smallest absolute Gasteiger partial charge is 0.0609 e. The molecule has 0 bridgehead atoms. The van der Waals surface area contributed by atoms with E-state index in [1.54, 1.807) is 0 Å². The van der Waals surface area contributed by atoms with E-state index in [-0.39, 0.29) is 12.1 Å². The fourth-order valence-corrected chi connectivity index (χ4v) is 2.25. The Kier molecular flexibility index (Phi) is 7.36. The molecule has 0 saturated heterocycles. The van der Waals surface area contributed by atoms with Crippen LogP contribution in [0.2, 0.25) is 0 Å². The summed E-state index contributed by atoms with van der Waals surface area (Å²) in [5.74, 6) is 0. The standard InChI is InChI=1S/C18H32N2O/c1-6-12-19-17(16-9-7-15(2)8-10-16)11-13-20(5)18(3,4)14-21/h7-10,17,19,21H,6,11-14H2,1-5H3. The topological polar surface area (TPSA) is 35.5 Å². The van der Waals surface area contributed by atoms with Gasteiger partial charge in [0, 0.05) is 18.1 Å². The molecule has 120 valence electrons. The van der Waals surface area contributed by atoms with E-state index in [0.29, 0.717) is 6.04 Å². The van der Waals surface area contributed by atoms with Crippen LogP contribution < -0.4 is 5.32 Å². The largest absolute Gasteiger partial charge is 0.394 e. The number of nitrogens with zero attached hydrogens (tertiary/aromatic N) is 1. The molecule has 0 aliphatic rings. The molecule has 0 fully saturated rings. The maximum absolute atomic E-state index is 9.46. The van der Waals surface area contributed by atoms with Gasteiger partial charge in [-0.25, -0.2) is 0 Å². The third-order valence-corrected chi connectivity index (χ3v) is 4.29. The van der Waals surface area contributed by atoms with Crippen LogP contribution in [0.1, 0.15) is 50.8 Å². The zero-order valence-electron chi connectivity index (χ0n) is 14.3. The van der Waals surface area contributed by atoms with Gasteiger partial charge in [-0.3, -0.25) is 4.90 Å². The van der Waals surface area contributed by atoms with Crippen molar-refractivity contribution in [2.75, 3.05) is 26.7 Å². The first-order valence-corrected chi connectivity index (χ1v) is 8.02. The summed E-state index contributed by atoms with van der Waals surface area (Å²) in [5.41, 5.74) is 2.48. The van der Waals surface area contributed by atoms with Crippen LogP contribution in [0, 0.1) is 6.92 Å². The molecule has 0 aliphatic heterocycles. The van der Waals surface area contributed by atoms with Crippen LogP contribution in [-0.2, 0) is 0 Å². The molecule has 0 aliphatic carbocycles. The highest BCUT2D eigenvalue weighted by Crippen LogP contribution is 2.20. The highest BCUT2D eigenvalue weighted by atomic mass is 16.3. The highest BCUT2D eigenvalue weighted by molar-refractivity contribution is 5.24. The van der Waals surface area contributed by atoms with Crippen molar-refractivity contribution in [1.29, 1.82) is 0 Å². The molecule has 0 radical (unpaired) electrons. The monoisotopic (exact) mass is 292 g/mol. The fraction of sp³-hybridized carbons (Fsp3) is 0.667. The molecule has 3 nitrogen and oxygen atoms in total. The molecule has 2 N–H and O–H groups in total. The summed E-state index contributed by atoms with van der Waals surface area (Å²) in [4.78, 5) is 2.24. The van der Waals surface area contributed by atoms with Gasteiger partial charge >= 0.3 is 0 Å². The predicted molar refractivity (Wildman–Crippen MR) is 90.6 cm³/mol. The second-order valence-electron chi connectivity index (χ2n) is 6.60. The van der Waals surface area contributed by atoms with Gasteiger partial charge in [0.15, 0.2) is 0 Å². The zero-order valence-corrected chi connectivity index (χ0v) is 14.3. The molecule has 0 amide bonds. The van der Waals surface area contributed by atoms with E-state index < -0.39 is 0 Å². The molecule has 1 unspecified atom stereocenters. The molecular formula is C18H32N2O. The summed E-state index contributed by atoms with van der Waals surface area (Å²) >= 11 is 0. The summed E-state index contributed by atoms with van der Waals surface area (Å²) in [5, 5.41) is 13.1. The molecular weight excluding hydrogens is 260 g/mol. The van der Waals surface area contributed by atoms with Crippen molar-refractivity contribution in [3.8, 4) is 0 Å². The van der Waals surface area contributed by atoms with Crippen LogP contribution in [0.25, 0.3) is 0 Å². The van der Waals surface area contributed by atoms with Crippen LogP contribution in [-0.4, -0.2) is 42.3 Å². The molecule has 0 spiro atoms. The molecule has 1 aromatic carbocycles. The molecule has 1 rings (SSSR count). The number of hydrogen-bond acceptors (Lipinski definition) is 3. The fourth-order valence-electron chi connectivity index (χ4n) is 2.25. The molecule has 3 heteroatoms. The minimum Gasteiger partial charge on any atom is -0.394 e. The lowest BCUT2D eigenvalue weighted by atomic mass is 10.00. The average Bonchev–Trinajstić information content (AvgIpc) is 2.48. The van der Waals surface area contributed by atoms with Crippen molar-refractivity contribution in [3.05, 3.63) is 35.4 Å². The van der Waals surface area contributed by atoms with Crippen LogP contribution in [0.15, 0.2) is 24.3 Å². The van der Waals surface area contributed by atoms with Crippen molar-refractivity contribution in [2.24, 2.45) is 0 Å². The normalized spacial score (nSPS) is 13.7. The van der Waals surface area contributed by atoms with E-state index in [1.165, 1.54) is 11.1 Å². The number of aliphatic hydroxyl groups excluding tert-OH is 1. The molecule has 1 aromatic rings. The van der Waals surface area contributed by atoms with Gasteiger partial charge in [-0.1, -0.05) is 36.8 Å². The Morgan fingerprint density at radius 3 is 2.38 bits per heavy atom. The van der Waals surface area contributed by atoms with Gasteiger partial charge in [0.25, 0.3) is 0 Å². The number of nitrogens with one attached hydrogen (secondary N) is 1. The van der Waals surface area contributed by atoms with E-state index in [0.717, 1.165) is 25.9 Å². The zero-order chi connectivity index (χ0) is 15.9. The van der Waals surface area contributed by atoms with Crippen LogP contribution >= 0.6 is 0 Å². The predicted octanol–water partition coefficient (Wildman–Crippen LogP) is 3.13. The number of aryl methyl sites for hydroxylation is 1. The first-order chi connectivity index (χ1) is 9.90. The van der Waals surface area contributed by atoms with Crippen molar-refractivity contribution in [1.82, 2.24) is 10.2 Å². The summed E-state index contributed by atoms with van der Waals surface area (Å²) in [7, 11) is 2.09. The first-order valence-electron chi connectivity index (χ1n) is 8.02. The number of benzene rings is 1. The van der Waals surface area contributed by atoms with Crippen molar-refractivity contribution in [3.63, 3.8) is 0 Å².